The lowest BCUT2D eigenvalue weighted by atomic mass is 9.84. The number of nitrogens with one attached hydrogen (secondary N) is 1. The Bertz CT molecular complexity index is 809. The molecular weight excluding hydrogens is 365 g/mol. The Morgan fingerprint density at radius 3 is 2.61 bits per heavy atom. The number of amides is 1. The van der Waals surface area contributed by atoms with Gasteiger partial charge < -0.3 is 14.8 Å². The number of carbonyl (C=O) groups excluding carboxylic acids is 1. The Morgan fingerprint density at radius 2 is 1.87 bits per heavy atom. The molecule has 2 aromatic carbocycles. The van der Waals surface area contributed by atoms with Crippen LogP contribution in [-0.4, -0.2) is 19.1 Å². The van der Waals surface area contributed by atoms with E-state index in [1.807, 2.05) is 6.07 Å². The van der Waals surface area contributed by atoms with Crippen LogP contribution in [0.3, 0.4) is 0 Å². The van der Waals surface area contributed by atoms with Crippen molar-refractivity contribution in [2.75, 3.05) is 18.5 Å². The first-order valence-electron chi connectivity index (χ1n) is 7.30. The van der Waals surface area contributed by atoms with Gasteiger partial charge in [0.1, 0.15) is 19.0 Å². The minimum atomic E-state index is -0.323. The Labute approximate surface area is 140 Å². The number of anilines is 1. The van der Waals surface area contributed by atoms with Gasteiger partial charge in [-0.15, -0.1) is 0 Å². The summed E-state index contributed by atoms with van der Waals surface area (Å²) < 4.78 is 25.1. The molecule has 4 nitrogen and oxygen atoms in total. The molecule has 0 unspecified atom stereocenters. The molecule has 2 aliphatic rings. The molecule has 0 aromatic heterocycles. The highest BCUT2D eigenvalue weighted by Crippen LogP contribution is 2.44. The van der Waals surface area contributed by atoms with Gasteiger partial charge in [0, 0.05) is 24.1 Å². The van der Waals surface area contributed by atoms with Gasteiger partial charge in [0.05, 0.1) is 4.47 Å². The summed E-state index contributed by atoms with van der Waals surface area (Å²) >= 11 is 3.21. The van der Waals surface area contributed by atoms with Crippen LogP contribution in [0.4, 0.5) is 10.1 Å². The van der Waals surface area contributed by atoms with Crippen LogP contribution in [0.1, 0.15) is 23.5 Å². The van der Waals surface area contributed by atoms with Crippen molar-refractivity contribution in [3.8, 4) is 11.5 Å². The van der Waals surface area contributed by atoms with E-state index in [0.29, 0.717) is 35.6 Å². The average Bonchev–Trinajstić information content (AvgIpc) is 2.55. The zero-order valence-corrected chi connectivity index (χ0v) is 13.7. The van der Waals surface area contributed by atoms with Crippen LogP contribution < -0.4 is 14.8 Å². The van der Waals surface area contributed by atoms with Gasteiger partial charge in [-0.3, -0.25) is 4.79 Å². The highest BCUT2D eigenvalue weighted by molar-refractivity contribution is 9.10. The number of hydrogen-bond acceptors (Lipinski definition) is 3. The lowest BCUT2D eigenvalue weighted by Gasteiger charge is -2.29. The molecule has 0 radical (unpaired) electrons. The monoisotopic (exact) mass is 377 g/mol. The molecule has 4 rings (SSSR count). The van der Waals surface area contributed by atoms with Gasteiger partial charge in [-0.25, -0.2) is 4.39 Å². The normalized spacial score (nSPS) is 19.0. The van der Waals surface area contributed by atoms with E-state index in [1.165, 1.54) is 6.07 Å². The zero-order chi connectivity index (χ0) is 16.0. The number of carbonyl (C=O) groups is 1. The molecule has 23 heavy (non-hydrogen) atoms. The van der Waals surface area contributed by atoms with E-state index in [-0.39, 0.29) is 17.6 Å². The fourth-order valence-electron chi connectivity index (χ4n) is 3.02. The van der Waals surface area contributed by atoms with Crippen LogP contribution in [0.5, 0.6) is 11.5 Å². The third-order valence-electron chi connectivity index (χ3n) is 4.10. The van der Waals surface area contributed by atoms with E-state index in [2.05, 4.69) is 21.2 Å². The first-order valence-corrected chi connectivity index (χ1v) is 8.09. The lowest BCUT2D eigenvalue weighted by molar-refractivity contribution is -0.116. The number of halogens is 2. The Kier molecular flexibility index (Phi) is 3.49. The van der Waals surface area contributed by atoms with Crippen molar-refractivity contribution in [1.29, 1.82) is 0 Å². The first kappa shape index (κ1) is 14.5. The van der Waals surface area contributed by atoms with Crippen LogP contribution in [0, 0.1) is 5.82 Å². The van der Waals surface area contributed by atoms with Crippen LogP contribution in [-0.2, 0) is 4.79 Å². The van der Waals surface area contributed by atoms with Gasteiger partial charge in [0.25, 0.3) is 0 Å². The number of rotatable bonds is 1. The Hall–Kier alpha value is -2.08. The number of fused-ring (bicyclic) bond motifs is 2. The third kappa shape index (κ3) is 2.57. The standard InChI is InChI=1S/C17H13BrFNO3/c18-12-5-9(1-2-13(12)19)10-7-17(21)20-14-8-16-15(6-11(10)14)22-3-4-23-16/h1-2,5-6,8,10H,3-4,7H2,(H,20,21)/t10-/m1/s1. The predicted molar refractivity (Wildman–Crippen MR) is 86.6 cm³/mol. The maximum absolute atomic E-state index is 13.5. The number of benzene rings is 2. The topological polar surface area (TPSA) is 47.6 Å². The van der Waals surface area contributed by atoms with Crippen LogP contribution in [0.15, 0.2) is 34.8 Å². The highest BCUT2D eigenvalue weighted by atomic mass is 79.9. The Balaban J connectivity index is 1.83. The number of ether oxygens (including phenoxy) is 2. The smallest absolute Gasteiger partial charge is 0.225 e. The van der Waals surface area contributed by atoms with Crippen molar-refractivity contribution in [2.45, 2.75) is 12.3 Å². The van der Waals surface area contributed by atoms with Gasteiger partial charge >= 0.3 is 0 Å². The van der Waals surface area contributed by atoms with Crippen molar-refractivity contribution in [3.63, 3.8) is 0 Å². The van der Waals surface area contributed by atoms with Gasteiger partial charge in [-0.2, -0.15) is 0 Å². The molecule has 2 aliphatic heterocycles. The summed E-state index contributed by atoms with van der Waals surface area (Å²) in [5.41, 5.74) is 2.55. The third-order valence-corrected chi connectivity index (χ3v) is 4.71. The summed E-state index contributed by atoms with van der Waals surface area (Å²) in [5, 5.41) is 2.88. The molecule has 1 amide bonds. The SMILES string of the molecule is O=C1C[C@H](c2ccc(F)c(Br)c2)c2cc3c(cc2N1)OCCO3. The average molecular weight is 378 g/mol. The van der Waals surface area contributed by atoms with E-state index in [1.54, 1.807) is 18.2 Å². The van der Waals surface area contributed by atoms with E-state index < -0.39 is 0 Å². The second-order valence-electron chi connectivity index (χ2n) is 5.56. The molecule has 2 heterocycles. The molecule has 0 fully saturated rings. The molecule has 1 atom stereocenters. The van der Waals surface area contributed by atoms with Crippen molar-refractivity contribution >= 4 is 27.5 Å². The maximum Gasteiger partial charge on any atom is 0.225 e. The summed E-state index contributed by atoms with van der Waals surface area (Å²) in [7, 11) is 0. The minimum absolute atomic E-state index is 0.0698. The molecule has 118 valence electrons. The molecule has 0 bridgehead atoms. The minimum Gasteiger partial charge on any atom is -0.486 e. The molecule has 2 aromatic rings. The van der Waals surface area contributed by atoms with Crippen molar-refractivity contribution in [1.82, 2.24) is 0 Å². The second-order valence-corrected chi connectivity index (χ2v) is 6.42. The van der Waals surface area contributed by atoms with Crippen molar-refractivity contribution in [3.05, 3.63) is 51.7 Å². The van der Waals surface area contributed by atoms with Crippen LogP contribution >= 0.6 is 15.9 Å². The summed E-state index contributed by atoms with van der Waals surface area (Å²) in [5.74, 6) is 0.774. The van der Waals surface area contributed by atoms with Gasteiger partial charge in [0.15, 0.2) is 11.5 Å². The highest BCUT2D eigenvalue weighted by Gasteiger charge is 2.29. The van der Waals surface area contributed by atoms with E-state index in [0.717, 1.165) is 16.8 Å². The molecule has 0 saturated carbocycles. The van der Waals surface area contributed by atoms with Crippen molar-refractivity contribution in [2.24, 2.45) is 0 Å². The predicted octanol–water partition coefficient (Wildman–Crippen LogP) is 3.83. The first-order chi connectivity index (χ1) is 11.1. The molecule has 0 spiro atoms. The summed E-state index contributed by atoms with van der Waals surface area (Å²) in [6, 6.07) is 8.55. The lowest BCUT2D eigenvalue weighted by Crippen LogP contribution is -2.24. The molecule has 6 heteroatoms. The molecule has 1 N–H and O–H groups in total. The second kappa shape index (κ2) is 5.53. The van der Waals surface area contributed by atoms with E-state index >= 15 is 0 Å². The van der Waals surface area contributed by atoms with Gasteiger partial charge in [-0.1, -0.05) is 6.07 Å². The zero-order valence-electron chi connectivity index (χ0n) is 12.1. The fraction of sp³-hybridized carbons (Fsp3) is 0.235. The largest absolute Gasteiger partial charge is 0.486 e. The van der Waals surface area contributed by atoms with E-state index in [4.69, 9.17) is 9.47 Å². The van der Waals surface area contributed by atoms with Gasteiger partial charge in [0.2, 0.25) is 5.91 Å². The molecular formula is C17H13BrFNO3. The van der Waals surface area contributed by atoms with Crippen molar-refractivity contribution < 1.29 is 18.7 Å². The molecule has 0 aliphatic carbocycles. The molecule has 0 saturated heterocycles. The van der Waals surface area contributed by atoms with Crippen LogP contribution in [0.2, 0.25) is 0 Å². The Morgan fingerprint density at radius 1 is 1.13 bits per heavy atom. The maximum atomic E-state index is 13.5. The summed E-state index contributed by atoms with van der Waals surface area (Å²) in [4.78, 5) is 12.1. The number of hydrogen-bond donors (Lipinski definition) is 1. The van der Waals surface area contributed by atoms with Gasteiger partial charge in [-0.05, 0) is 45.3 Å². The fourth-order valence-corrected chi connectivity index (χ4v) is 3.42. The quantitative estimate of drug-likeness (QED) is 0.821. The summed E-state index contributed by atoms with van der Waals surface area (Å²) in [6.45, 7) is 0.999. The van der Waals surface area contributed by atoms with Crippen LogP contribution in [0.25, 0.3) is 0 Å². The summed E-state index contributed by atoms with van der Waals surface area (Å²) in [6.07, 6.45) is 0.310. The van der Waals surface area contributed by atoms with E-state index in [9.17, 15) is 9.18 Å².